The molecular formula is C15H23N3O6. The van der Waals surface area contributed by atoms with Gasteiger partial charge in [0, 0.05) is 19.9 Å². The summed E-state index contributed by atoms with van der Waals surface area (Å²) in [6.07, 6.45) is 0. The third-order valence-electron chi connectivity index (χ3n) is 3.37. The smallest absolute Gasteiger partial charge is 0.340 e. The van der Waals surface area contributed by atoms with Gasteiger partial charge in [-0.15, -0.1) is 0 Å². The van der Waals surface area contributed by atoms with Crippen molar-refractivity contribution in [2.75, 3.05) is 34.0 Å². The van der Waals surface area contributed by atoms with E-state index in [2.05, 4.69) is 10.3 Å². The predicted molar refractivity (Wildman–Crippen MR) is 84.7 cm³/mol. The van der Waals surface area contributed by atoms with Crippen molar-refractivity contribution in [3.8, 4) is 0 Å². The summed E-state index contributed by atoms with van der Waals surface area (Å²) in [5, 5.41) is 2.46. The quantitative estimate of drug-likeness (QED) is 0.416. The fourth-order valence-corrected chi connectivity index (χ4v) is 2.17. The third kappa shape index (κ3) is 4.80. The van der Waals surface area contributed by atoms with E-state index in [1.54, 1.807) is 13.8 Å². The van der Waals surface area contributed by atoms with E-state index in [-0.39, 0.29) is 31.1 Å². The van der Waals surface area contributed by atoms with Gasteiger partial charge in [0.15, 0.2) is 0 Å². The van der Waals surface area contributed by atoms with Crippen molar-refractivity contribution in [1.29, 1.82) is 0 Å². The fraction of sp³-hybridized carbons (Fsp3) is 0.533. The van der Waals surface area contributed by atoms with Crippen molar-refractivity contribution in [3.05, 3.63) is 22.5 Å². The molecule has 9 heteroatoms. The number of primary amides is 1. The van der Waals surface area contributed by atoms with E-state index < -0.39 is 23.8 Å². The van der Waals surface area contributed by atoms with Crippen molar-refractivity contribution in [2.24, 2.45) is 5.73 Å². The zero-order valence-corrected chi connectivity index (χ0v) is 14.2. The van der Waals surface area contributed by atoms with Gasteiger partial charge in [0.2, 0.25) is 5.91 Å². The molecule has 0 spiro atoms. The second kappa shape index (κ2) is 9.04. The minimum atomic E-state index is -0.970. The summed E-state index contributed by atoms with van der Waals surface area (Å²) < 4.78 is 14.7. The molecule has 24 heavy (non-hydrogen) atoms. The number of rotatable bonds is 9. The predicted octanol–water partition coefficient (Wildman–Crippen LogP) is -0.335. The summed E-state index contributed by atoms with van der Waals surface area (Å²) in [6.45, 7) is 3.60. The Morgan fingerprint density at radius 3 is 2.38 bits per heavy atom. The lowest BCUT2D eigenvalue weighted by Crippen LogP contribution is -2.47. The molecule has 0 aromatic carbocycles. The van der Waals surface area contributed by atoms with Gasteiger partial charge in [-0.2, -0.15) is 0 Å². The first-order valence-corrected chi connectivity index (χ1v) is 7.27. The van der Waals surface area contributed by atoms with Gasteiger partial charge in [0.1, 0.15) is 18.3 Å². The number of esters is 1. The Kier molecular flexibility index (Phi) is 7.40. The van der Waals surface area contributed by atoms with Crippen LogP contribution < -0.4 is 11.1 Å². The molecule has 4 N–H and O–H groups in total. The number of amides is 2. The Hall–Kier alpha value is -2.39. The number of H-pyrrole nitrogens is 1. The molecule has 0 aliphatic heterocycles. The Labute approximate surface area is 139 Å². The van der Waals surface area contributed by atoms with Crippen LogP contribution in [0.3, 0.4) is 0 Å². The molecule has 2 amide bonds. The van der Waals surface area contributed by atoms with Crippen molar-refractivity contribution in [2.45, 2.75) is 19.9 Å². The lowest BCUT2D eigenvalue weighted by Gasteiger charge is -2.14. The minimum Gasteiger partial charge on any atom is -0.460 e. The van der Waals surface area contributed by atoms with E-state index in [1.807, 2.05) is 0 Å². The molecule has 1 atom stereocenters. The van der Waals surface area contributed by atoms with E-state index >= 15 is 0 Å². The summed E-state index contributed by atoms with van der Waals surface area (Å²) in [7, 11) is 2.89. The molecule has 0 aliphatic carbocycles. The van der Waals surface area contributed by atoms with Crippen LogP contribution in [-0.2, 0) is 19.0 Å². The number of hydrogen-bond donors (Lipinski definition) is 3. The monoisotopic (exact) mass is 341 g/mol. The SMILES string of the molecule is COCCOC(=O)c1c(C)[nH]c(C(=O)NC(COC)C(N)=O)c1C. The Morgan fingerprint density at radius 1 is 1.17 bits per heavy atom. The van der Waals surface area contributed by atoms with Crippen LogP contribution in [0.15, 0.2) is 0 Å². The highest BCUT2D eigenvalue weighted by atomic mass is 16.6. The normalized spacial score (nSPS) is 11.8. The summed E-state index contributed by atoms with van der Waals surface area (Å²) in [5.74, 6) is -1.83. The number of aromatic amines is 1. The highest BCUT2D eigenvalue weighted by Crippen LogP contribution is 2.19. The number of carbonyl (C=O) groups excluding carboxylic acids is 3. The second-order valence-corrected chi connectivity index (χ2v) is 5.14. The molecule has 0 aliphatic rings. The Bertz CT molecular complexity index is 611. The zero-order chi connectivity index (χ0) is 18.3. The number of methoxy groups -OCH3 is 2. The lowest BCUT2D eigenvalue weighted by molar-refractivity contribution is -0.121. The topological polar surface area (TPSA) is 133 Å². The Balaban J connectivity index is 2.93. The minimum absolute atomic E-state index is 0.0499. The number of aromatic nitrogens is 1. The largest absolute Gasteiger partial charge is 0.460 e. The average Bonchev–Trinajstić information content (AvgIpc) is 2.81. The summed E-state index contributed by atoms with van der Waals surface area (Å²) >= 11 is 0. The van der Waals surface area contributed by atoms with E-state index in [9.17, 15) is 14.4 Å². The molecule has 0 saturated carbocycles. The molecule has 1 unspecified atom stereocenters. The van der Waals surface area contributed by atoms with Crippen LogP contribution in [0.2, 0.25) is 0 Å². The maximum atomic E-state index is 12.3. The molecule has 1 rings (SSSR count). The van der Waals surface area contributed by atoms with Gasteiger partial charge < -0.3 is 30.2 Å². The van der Waals surface area contributed by atoms with Gasteiger partial charge in [-0.25, -0.2) is 4.79 Å². The van der Waals surface area contributed by atoms with E-state index in [0.717, 1.165) is 0 Å². The Morgan fingerprint density at radius 2 is 1.83 bits per heavy atom. The van der Waals surface area contributed by atoms with Crippen LogP contribution in [0.4, 0.5) is 0 Å². The maximum Gasteiger partial charge on any atom is 0.340 e. The number of aryl methyl sites for hydroxylation is 1. The average molecular weight is 341 g/mol. The third-order valence-corrected chi connectivity index (χ3v) is 3.37. The van der Waals surface area contributed by atoms with Crippen LogP contribution in [-0.4, -0.2) is 62.8 Å². The van der Waals surface area contributed by atoms with Crippen LogP contribution >= 0.6 is 0 Å². The van der Waals surface area contributed by atoms with Crippen LogP contribution in [0.1, 0.15) is 32.1 Å². The van der Waals surface area contributed by atoms with Gasteiger partial charge in [-0.05, 0) is 19.4 Å². The lowest BCUT2D eigenvalue weighted by atomic mass is 10.1. The molecule has 1 heterocycles. The zero-order valence-electron chi connectivity index (χ0n) is 14.2. The molecule has 134 valence electrons. The fourth-order valence-electron chi connectivity index (χ4n) is 2.17. The molecule has 0 radical (unpaired) electrons. The summed E-state index contributed by atoms with van der Waals surface area (Å²) in [4.78, 5) is 38.6. The first-order valence-electron chi connectivity index (χ1n) is 7.27. The van der Waals surface area contributed by atoms with Crippen molar-refractivity contribution in [3.63, 3.8) is 0 Å². The molecule has 9 nitrogen and oxygen atoms in total. The van der Waals surface area contributed by atoms with Gasteiger partial charge in [-0.3, -0.25) is 9.59 Å². The van der Waals surface area contributed by atoms with Gasteiger partial charge in [0.05, 0.1) is 18.8 Å². The van der Waals surface area contributed by atoms with E-state index in [4.69, 9.17) is 19.9 Å². The molecule has 0 fully saturated rings. The first-order chi connectivity index (χ1) is 11.3. The van der Waals surface area contributed by atoms with Crippen LogP contribution in [0.5, 0.6) is 0 Å². The molecule has 0 saturated heterocycles. The second-order valence-electron chi connectivity index (χ2n) is 5.14. The van der Waals surface area contributed by atoms with Gasteiger partial charge in [-0.1, -0.05) is 0 Å². The first kappa shape index (κ1) is 19.7. The molecule has 0 bridgehead atoms. The van der Waals surface area contributed by atoms with Crippen molar-refractivity contribution >= 4 is 17.8 Å². The van der Waals surface area contributed by atoms with Crippen molar-refractivity contribution in [1.82, 2.24) is 10.3 Å². The van der Waals surface area contributed by atoms with Crippen LogP contribution in [0, 0.1) is 13.8 Å². The van der Waals surface area contributed by atoms with Gasteiger partial charge >= 0.3 is 5.97 Å². The molecular weight excluding hydrogens is 318 g/mol. The molecule has 1 aromatic rings. The summed E-state index contributed by atoms with van der Waals surface area (Å²) in [5.41, 5.74) is 6.56. The highest BCUT2D eigenvalue weighted by Gasteiger charge is 2.25. The number of nitrogens with one attached hydrogen (secondary N) is 2. The van der Waals surface area contributed by atoms with E-state index in [0.29, 0.717) is 11.3 Å². The maximum absolute atomic E-state index is 12.3. The number of hydrogen-bond acceptors (Lipinski definition) is 6. The van der Waals surface area contributed by atoms with Crippen LogP contribution in [0.25, 0.3) is 0 Å². The van der Waals surface area contributed by atoms with E-state index in [1.165, 1.54) is 14.2 Å². The number of nitrogens with two attached hydrogens (primary N) is 1. The number of carbonyl (C=O) groups is 3. The summed E-state index contributed by atoms with van der Waals surface area (Å²) in [6, 6.07) is -0.970. The standard InChI is InChI=1S/C15H23N3O6/c1-8-11(15(21)24-6-5-22-3)9(2)17-12(8)14(20)18-10(7-23-4)13(16)19/h10,17H,5-7H2,1-4H3,(H2,16,19)(H,18,20). The number of ether oxygens (including phenoxy) is 3. The van der Waals surface area contributed by atoms with Gasteiger partial charge in [0.25, 0.3) is 5.91 Å². The molecule has 1 aromatic heterocycles. The highest BCUT2D eigenvalue weighted by molar-refractivity contribution is 6.01. The van der Waals surface area contributed by atoms with Crippen molar-refractivity contribution < 1.29 is 28.6 Å².